The van der Waals surface area contributed by atoms with E-state index >= 15 is 0 Å². The predicted octanol–water partition coefficient (Wildman–Crippen LogP) is 3.76. The fourth-order valence-corrected chi connectivity index (χ4v) is 2.79. The molecule has 1 saturated carbocycles. The number of amides is 1. The van der Waals surface area contributed by atoms with E-state index in [0.29, 0.717) is 0 Å². The van der Waals surface area contributed by atoms with E-state index in [-0.39, 0.29) is 23.2 Å². The van der Waals surface area contributed by atoms with Gasteiger partial charge in [-0.2, -0.15) is 13.2 Å². The lowest BCUT2D eigenvalue weighted by Gasteiger charge is -2.25. The highest BCUT2D eigenvalue weighted by atomic mass is 19.4. The van der Waals surface area contributed by atoms with Crippen molar-refractivity contribution >= 4 is 11.6 Å². The van der Waals surface area contributed by atoms with E-state index < -0.39 is 11.7 Å². The highest BCUT2D eigenvalue weighted by Crippen LogP contribution is 2.35. The standard InChI is InChI=1S/C15H19F3N2O/c1-19-13-8-7-10(9-12(13)15(16,17)18)14(21)20(2)11-5-3-4-6-11/h7-9,11,19H,3-6H2,1-2H3. The van der Waals surface area contributed by atoms with Crippen LogP contribution in [-0.4, -0.2) is 30.9 Å². The van der Waals surface area contributed by atoms with Crippen LogP contribution in [0.3, 0.4) is 0 Å². The molecule has 0 unspecified atom stereocenters. The minimum Gasteiger partial charge on any atom is -0.388 e. The SMILES string of the molecule is CNc1ccc(C(=O)N(C)C2CCCC2)cc1C(F)(F)F. The molecule has 1 fully saturated rings. The number of hydrogen-bond acceptors (Lipinski definition) is 2. The quantitative estimate of drug-likeness (QED) is 0.921. The van der Waals surface area contributed by atoms with Crippen LogP contribution in [0.15, 0.2) is 18.2 Å². The van der Waals surface area contributed by atoms with Gasteiger partial charge in [-0.15, -0.1) is 0 Å². The van der Waals surface area contributed by atoms with Gasteiger partial charge in [-0.05, 0) is 31.0 Å². The summed E-state index contributed by atoms with van der Waals surface area (Å²) < 4.78 is 39.0. The molecule has 1 aliphatic carbocycles. The largest absolute Gasteiger partial charge is 0.418 e. The summed E-state index contributed by atoms with van der Waals surface area (Å²) in [6, 6.07) is 3.81. The minimum atomic E-state index is -4.49. The first-order valence-corrected chi connectivity index (χ1v) is 7.00. The van der Waals surface area contributed by atoms with E-state index in [1.54, 1.807) is 11.9 Å². The second-order valence-corrected chi connectivity index (χ2v) is 5.36. The number of carbonyl (C=O) groups excluding carboxylic acids is 1. The number of nitrogens with zero attached hydrogens (tertiary/aromatic N) is 1. The average molecular weight is 300 g/mol. The Morgan fingerprint density at radius 1 is 1.29 bits per heavy atom. The molecule has 0 bridgehead atoms. The van der Waals surface area contributed by atoms with E-state index in [9.17, 15) is 18.0 Å². The first-order valence-electron chi connectivity index (χ1n) is 7.00. The summed E-state index contributed by atoms with van der Waals surface area (Å²) >= 11 is 0. The molecule has 6 heteroatoms. The third kappa shape index (κ3) is 3.31. The molecule has 1 aliphatic rings. The number of nitrogens with one attached hydrogen (secondary N) is 1. The highest BCUT2D eigenvalue weighted by molar-refractivity contribution is 5.95. The zero-order valence-corrected chi connectivity index (χ0v) is 12.1. The van der Waals surface area contributed by atoms with Gasteiger partial charge in [0.05, 0.1) is 5.56 Å². The van der Waals surface area contributed by atoms with Crippen molar-refractivity contribution in [2.75, 3.05) is 19.4 Å². The van der Waals surface area contributed by atoms with Crippen molar-refractivity contribution in [1.82, 2.24) is 4.90 Å². The maximum Gasteiger partial charge on any atom is 0.418 e. The van der Waals surface area contributed by atoms with Gasteiger partial charge in [0.15, 0.2) is 0 Å². The van der Waals surface area contributed by atoms with Crippen LogP contribution in [0.4, 0.5) is 18.9 Å². The molecular weight excluding hydrogens is 281 g/mol. The summed E-state index contributed by atoms with van der Waals surface area (Å²) in [5, 5.41) is 2.51. The summed E-state index contributed by atoms with van der Waals surface area (Å²) in [5.74, 6) is -0.352. The van der Waals surface area contributed by atoms with Crippen molar-refractivity contribution in [3.63, 3.8) is 0 Å². The molecule has 1 aromatic rings. The second-order valence-electron chi connectivity index (χ2n) is 5.36. The highest BCUT2D eigenvalue weighted by Gasteiger charge is 2.34. The summed E-state index contributed by atoms with van der Waals surface area (Å²) in [6.07, 6.45) is -0.518. The first kappa shape index (κ1) is 15.7. The lowest BCUT2D eigenvalue weighted by molar-refractivity contribution is -0.136. The normalized spacial score (nSPS) is 16.0. The van der Waals surface area contributed by atoms with Crippen LogP contribution in [0.2, 0.25) is 0 Å². The Labute approximate surface area is 122 Å². The molecule has 0 aromatic heterocycles. The number of alkyl halides is 3. The second kappa shape index (κ2) is 5.95. The Bertz CT molecular complexity index is 522. The molecule has 21 heavy (non-hydrogen) atoms. The molecule has 0 spiro atoms. The number of anilines is 1. The molecule has 0 heterocycles. The summed E-state index contributed by atoms with van der Waals surface area (Å²) in [7, 11) is 3.09. The number of rotatable bonds is 3. The van der Waals surface area contributed by atoms with Crippen LogP contribution in [0.1, 0.15) is 41.6 Å². The summed E-state index contributed by atoms with van der Waals surface area (Å²) in [4.78, 5) is 13.9. The number of hydrogen-bond donors (Lipinski definition) is 1. The molecule has 0 radical (unpaired) electrons. The molecule has 1 N–H and O–H groups in total. The monoisotopic (exact) mass is 300 g/mol. The molecule has 1 amide bonds. The predicted molar refractivity (Wildman–Crippen MR) is 75.3 cm³/mol. The van der Waals surface area contributed by atoms with E-state index in [4.69, 9.17) is 0 Å². The van der Waals surface area contributed by atoms with Crippen molar-refractivity contribution in [3.8, 4) is 0 Å². The third-order valence-electron chi connectivity index (χ3n) is 4.03. The van der Waals surface area contributed by atoms with Gasteiger partial charge >= 0.3 is 6.18 Å². The van der Waals surface area contributed by atoms with Crippen LogP contribution < -0.4 is 5.32 Å². The zero-order valence-electron chi connectivity index (χ0n) is 12.1. The van der Waals surface area contributed by atoms with E-state index in [1.807, 2.05) is 0 Å². The van der Waals surface area contributed by atoms with Gasteiger partial charge in [0.2, 0.25) is 0 Å². The van der Waals surface area contributed by atoms with Gasteiger partial charge in [-0.1, -0.05) is 12.8 Å². The maximum absolute atomic E-state index is 13.0. The lowest BCUT2D eigenvalue weighted by Crippen LogP contribution is -2.35. The van der Waals surface area contributed by atoms with Gasteiger partial charge in [0, 0.05) is 31.4 Å². The van der Waals surface area contributed by atoms with Crippen LogP contribution in [-0.2, 0) is 6.18 Å². The number of carbonyl (C=O) groups is 1. The zero-order chi connectivity index (χ0) is 15.6. The molecule has 0 saturated heterocycles. The molecule has 3 nitrogen and oxygen atoms in total. The van der Waals surface area contributed by atoms with Crippen molar-refractivity contribution in [2.24, 2.45) is 0 Å². The van der Waals surface area contributed by atoms with Gasteiger partial charge < -0.3 is 10.2 Å². The molecule has 1 aromatic carbocycles. The van der Waals surface area contributed by atoms with Crippen LogP contribution in [0.5, 0.6) is 0 Å². The number of halogens is 3. The van der Waals surface area contributed by atoms with E-state index in [0.717, 1.165) is 31.7 Å². The van der Waals surface area contributed by atoms with Crippen LogP contribution >= 0.6 is 0 Å². The number of benzene rings is 1. The Morgan fingerprint density at radius 3 is 2.43 bits per heavy atom. The Morgan fingerprint density at radius 2 is 1.90 bits per heavy atom. The third-order valence-corrected chi connectivity index (χ3v) is 4.03. The van der Waals surface area contributed by atoms with Gasteiger partial charge in [0.25, 0.3) is 5.91 Å². The van der Waals surface area contributed by atoms with Crippen molar-refractivity contribution in [3.05, 3.63) is 29.3 Å². The molecule has 116 valence electrons. The van der Waals surface area contributed by atoms with Crippen LogP contribution in [0, 0.1) is 0 Å². The van der Waals surface area contributed by atoms with Gasteiger partial charge in [-0.3, -0.25) is 4.79 Å². The summed E-state index contributed by atoms with van der Waals surface area (Å²) in [5.41, 5.74) is -0.756. The molecule has 0 aliphatic heterocycles. The molecular formula is C15H19F3N2O. The van der Waals surface area contributed by atoms with Crippen molar-refractivity contribution in [2.45, 2.75) is 37.9 Å². The van der Waals surface area contributed by atoms with Crippen molar-refractivity contribution < 1.29 is 18.0 Å². The van der Waals surface area contributed by atoms with Crippen molar-refractivity contribution in [1.29, 1.82) is 0 Å². The van der Waals surface area contributed by atoms with E-state index in [1.165, 1.54) is 19.2 Å². The van der Waals surface area contributed by atoms with E-state index in [2.05, 4.69) is 5.32 Å². The lowest BCUT2D eigenvalue weighted by atomic mass is 10.1. The molecule has 2 rings (SSSR count). The maximum atomic E-state index is 13.0. The van der Waals surface area contributed by atoms with Gasteiger partial charge in [-0.25, -0.2) is 0 Å². The fraction of sp³-hybridized carbons (Fsp3) is 0.533. The Kier molecular flexibility index (Phi) is 4.44. The first-order chi connectivity index (χ1) is 9.84. The van der Waals surface area contributed by atoms with Gasteiger partial charge in [0.1, 0.15) is 0 Å². The smallest absolute Gasteiger partial charge is 0.388 e. The summed E-state index contributed by atoms with van der Waals surface area (Å²) in [6.45, 7) is 0. The Hall–Kier alpha value is -1.72. The average Bonchev–Trinajstić information content (AvgIpc) is 2.98. The minimum absolute atomic E-state index is 0.0254. The fourth-order valence-electron chi connectivity index (χ4n) is 2.79. The topological polar surface area (TPSA) is 32.3 Å². The molecule has 0 atom stereocenters. The van der Waals surface area contributed by atoms with Crippen LogP contribution in [0.25, 0.3) is 0 Å². The Balaban J connectivity index is 2.29.